The first-order valence-electron chi connectivity index (χ1n) is 5.43. The minimum absolute atomic E-state index is 0.293. The van der Waals surface area contributed by atoms with Gasteiger partial charge in [-0.05, 0) is 38.8 Å². The molecule has 0 aliphatic carbocycles. The molecule has 0 saturated carbocycles. The Morgan fingerprint density at radius 1 is 1.29 bits per heavy atom. The second-order valence-corrected chi connectivity index (χ2v) is 4.53. The zero-order valence-electron chi connectivity index (χ0n) is 8.55. The Morgan fingerprint density at radius 3 is 2.36 bits per heavy atom. The van der Waals surface area contributed by atoms with Crippen molar-refractivity contribution in [2.24, 2.45) is 5.92 Å². The molecule has 14 heavy (non-hydrogen) atoms. The molecule has 0 aromatic rings. The summed E-state index contributed by atoms with van der Waals surface area (Å²) in [7, 11) is 0. The van der Waals surface area contributed by atoms with E-state index in [1.165, 1.54) is 12.8 Å². The number of hydrogen-bond acceptors (Lipinski definition) is 2. The number of fused-ring (bicyclic) bond motifs is 3. The van der Waals surface area contributed by atoms with Crippen LogP contribution in [0.15, 0.2) is 0 Å². The van der Waals surface area contributed by atoms with Gasteiger partial charge in [-0.1, -0.05) is 0 Å². The second-order valence-electron chi connectivity index (χ2n) is 4.53. The Bertz CT molecular complexity index is 191. The van der Waals surface area contributed by atoms with Gasteiger partial charge in [0.15, 0.2) is 0 Å². The van der Waals surface area contributed by atoms with Crippen LogP contribution in [0.25, 0.3) is 0 Å². The lowest BCUT2D eigenvalue weighted by molar-refractivity contribution is 0.0413. The summed E-state index contributed by atoms with van der Waals surface area (Å²) in [6.45, 7) is 4.85. The fourth-order valence-corrected chi connectivity index (χ4v) is 2.56. The van der Waals surface area contributed by atoms with Gasteiger partial charge in [0.05, 0.1) is 6.04 Å². The molecule has 0 spiro atoms. The number of nitrogens with zero attached hydrogens (tertiary/aromatic N) is 1. The highest BCUT2D eigenvalue weighted by Crippen LogP contribution is 2.27. The summed E-state index contributed by atoms with van der Waals surface area (Å²) in [4.78, 5) is 2.37. The first-order chi connectivity index (χ1) is 6.66. The van der Waals surface area contributed by atoms with Crippen LogP contribution in [-0.2, 0) is 0 Å². The van der Waals surface area contributed by atoms with Gasteiger partial charge in [0.2, 0.25) is 0 Å². The van der Waals surface area contributed by atoms with Crippen molar-refractivity contribution in [3.8, 4) is 0 Å². The van der Waals surface area contributed by atoms with Crippen molar-refractivity contribution < 1.29 is 8.78 Å². The van der Waals surface area contributed by atoms with E-state index >= 15 is 0 Å². The molecule has 0 amide bonds. The molecule has 3 heterocycles. The minimum Gasteiger partial charge on any atom is -0.305 e. The summed E-state index contributed by atoms with van der Waals surface area (Å²) in [5.74, 6) is 0.626. The van der Waals surface area contributed by atoms with Crippen LogP contribution in [-0.4, -0.2) is 43.0 Å². The zero-order valence-corrected chi connectivity index (χ0v) is 8.55. The Balaban J connectivity index is 1.86. The fraction of sp³-hybridized carbons (Fsp3) is 1.00. The SMILES string of the molecule is CC(NC1CN2CCC1CC2)C(F)F. The van der Waals surface area contributed by atoms with Crippen LogP contribution in [0, 0.1) is 5.92 Å². The standard InChI is InChI=1S/C10H18F2N2/c1-7(10(11)12)13-9-6-14-4-2-8(9)3-5-14/h7-10,13H,2-6H2,1H3. The van der Waals surface area contributed by atoms with Crippen molar-refractivity contribution in [1.82, 2.24) is 10.2 Å². The molecular weight excluding hydrogens is 186 g/mol. The third kappa shape index (κ3) is 2.06. The molecule has 3 aliphatic rings. The van der Waals surface area contributed by atoms with Crippen molar-refractivity contribution in [1.29, 1.82) is 0 Å². The Kier molecular flexibility index (Phi) is 3.02. The summed E-state index contributed by atoms with van der Waals surface area (Å²) in [6, 6.07) is -0.373. The van der Waals surface area contributed by atoms with Gasteiger partial charge < -0.3 is 10.2 Å². The molecular formula is C10H18F2N2. The maximum atomic E-state index is 12.3. The third-order valence-electron chi connectivity index (χ3n) is 3.51. The van der Waals surface area contributed by atoms with Crippen LogP contribution in [0.2, 0.25) is 0 Å². The van der Waals surface area contributed by atoms with E-state index in [0.29, 0.717) is 12.0 Å². The van der Waals surface area contributed by atoms with Crippen LogP contribution in [0.5, 0.6) is 0 Å². The molecule has 3 aliphatic heterocycles. The molecule has 2 unspecified atom stereocenters. The van der Waals surface area contributed by atoms with Gasteiger partial charge in [0.25, 0.3) is 6.43 Å². The molecule has 2 atom stereocenters. The van der Waals surface area contributed by atoms with Gasteiger partial charge in [0, 0.05) is 12.6 Å². The van der Waals surface area contributed by atoms with E-state index in [1.54, 1.807) is 6.92 Å². The molecule has 82 valence electrons. The highest BCUT2D eigenvalue weighted by molar-refractivity contribution is 4.92. The normalized spacial score (nSPS) is 39.0. The van der Waals surface area contributed by atoms with Crippen LogP contribution < -0.4 is 5.32 Å². The minimum atomic E-state index is -2.24. The lowest BCUT2D eigenvalue weighted by atomic mass is 9.84. The number of rotatable bonds is 3. The van der Waals surface area contributed by atoms with Gasteiger partial charge in [-0.2, -0.15) is 0 Å². The van der Waals surface area contributed by atoms with Gasteiger partial charge in [0.1, 0.15) is 0 Å². The van der Waals surface area contributed by atoms with E-state index < -0.39 is 12.5 Å². The van der Waals surface area contributed by atoms with E-state index in [4.69, 9.17) is 0 Å². The molecule has 0 radical (unpaired) electrons. The molecule has 3 fully saturated rings. The fourth-order valence-electron chi connectivity index (χ4n) is 2.56. The summed E-state index contributed by atoms with van der Waals surface area (Å²) in [6.07, 6.45) is 0.104. The Morgan fingerprint density at radius 2 is 1.93 bits per heavy atom. The first-order valence-corrected chi connectivity index (χ1v) is 5.43. The molecule has 1 N–H and O–H groups in total. The number of nitrogens with one attached hydrogen (secondary N) is 1. The van der Waals surface area contributed by atoms with E-state index in [9.17, 15) is 8.78 Å². The van der Waals surface area contributed by atoms with Crippen molar-refractivity contribution >= 4 is 0 Å². The quantitative estimate of drug-likeness (QED) is 0.746. The predicted molar refractivity (Wildman–Crippen MR) is 51.6 cm³/mol. The van der Waals surface area contributed by atoms with Crippen LogP contribution in [0.1, 0.15) is 19.8 Å². The van der Waals surface area contributed by atoms with Crippen molar-refractivity contribution in [2.45, 2.75) is 38.3 Å². The van der Waals surface area contributed by atoms with Gasteiger partial charge in [-0.25, -0.2) is 8.78 Å². The highest BCUT2D eigenvalue weighted by atomic mass is 19.3. The predicted octanol–water partition coefficient (Wildman–Crippen LogP) is 1.32. The van der Waals surface area contributed by atoms with E-state index in [2.05, 4.69) is 10.2 Å². The second kappa shape index (κ2) is 4.11. The van der Waals surface area contributed by atoms with Gasteiger partial charge >= 0.3 is 0 Å². The monoisotopic (exact) mass is 204 g/mol. The molecule has 0 aromatic heterocycles. The van der Waals surface area contributed by atoms with Crippen molar-refractivity contribution in [3.63, 3.8) is 0 Å². The molecule has 3 saturated heterocycles. The van der Waals surface area contributed by atoms with Crippen molar-refractivity contribution in [3.05, 3.63) is 0 Å². The van der Waals surface area contributed by atoms with Crippen molar-refractivity contribution in [2.75, 3.05) is 19.6 Å². The molecule has 2 bridgehead atoms. The zero-order chi connectivity index (χ0) is 10.1. The number of piperidine rings is 3. The summed E-state index contributed by atoms with van der Waals surface area (Å²) >= 11 is 0. The van der Waals surface area contributed by atoms with E-state index in [-0.39, 0.29) is 0 Å². The molecule has 4 heteroatoms. The highest BCUT2D eigenvalue weighted by Gasteiger charge is 2.35. The molecule has 3 rings (SSSR count). The smallest absolute Gasteiger partial charge is 0.253 e. The topological polar surface area (TPSA) is 15.3 Å². The maximum Gasteiger partial charge on any atom is 0.253 e. The average molecular weight is 204 g/mol. The van der Waals surface area contributed by atoms with E-state index in [1.807, 2.05) is 0 Å². The lowest BCUT2D eigenvalue weighted by Crippen LogP contribution is -2.58. The first kappa shape index (κ1) is 10.3. The number of hydrogen-bond donors (Lipinski definition) is 1. The van der Waals surface area contributed by atoms with Gasteiger partial charge in [-0.15, -0.1) is 0 Å². The van der Waals surface area contributed by atoms with Crippen LogP contribution in [0.3, 0.4) is 0 Å². The number of halogens is 2. The summed E-state index contributed by atoms with van der Waals surface area (Å²) in [5, 5.41) is 3.06. The van der Waals surface area contributed by atoms with E-state index in [0.717, 1.165) is 19.6 Å². The average Bonchev–Trinajstić information content (AvgIpc) is 2.19. The van der Waals surface area contributed by atoms with Gasteiger partial charge in [-0.3, -0.25) is 0 Å². The molecule has 2 nitrogen and oxygen atoms in total. The summed E-state index contributed by atoms with van der Waals surface area (Å²) in [5.41, 5.74) is 0. The largest absolute Gasteiger partial charge is 0.305 e. The molecule has 0 aromatic carbocycles. The lowest BCUT2D eigenvalue weighted by Gasteiger charge is -2.45. The Hall–Kier alpha value is -0.220. The summed E-state index contributed by atoms with van der Waals surface area (Å²) < 4.78 is 24.7. The number of alkyl halides is 2. The maximum absolute atomic E-state index is 12.3. The van der Waals surface area contributed by atoms with Crippen LogP contribution in [0.4, 0.5) is 8.78 Å². The Labute approximate surface area is 83.7 Å². The van der Waals surface area contributed by atoms with Crippen LogP contribution >= 0.6 is 0 Å². The third-order valence-corrected chi connectivity index (χ3v) is 3.51.